The predicted molar refractivity (Wildman–Crippen MR) is 63.2 cm³/mol. The second-order valence-electron chi connectivity index (χ2n) is 4.16. The van der Waals surface area contributed by atoms with Gasteiger partial charge in [-0.25, -0.2) is 9.79 Å². The van der Waals surface area contributed by atoms with Crippen LogP contribution in [0.15, 0.2) is 4.99 Å². The normalized spacial score (nSPS) is 23.6. The maximum Gasteiger partial charge on any atom is 0.330 e. The average molecular weight is 230 g/mol. The van der Waals surface area contributed by atoms with Crippen LogP contribution in [0.1, 0.15) is 27.7 Å². The molecular weight excluding hydrogens is 212 g/mol. The van der Waals surface area contributed by atoms with E-state index in [1.807, 2.05) is 0 Å². The zero-order valence-electron chi connectivity index (χ0n) is 9.66. The van der Waals surface area contributed by atoms with E-state index in [9.17, 15) is 4.79 Å². The van der Waals surface area contributed by atoms with E-state index in [2.05, 4.69) is 24.2 Å². The molecule has 0 aliphatic carbocycles. The van der Waals surface area contributed by atoms with Crippen molar-refractivity contribution in [2.24, 2.45) is 4.99 Å². The lowest BCUT2D eigenvalue weighted by molar-refractivity contribution is -0.144. The van der Waals surface area contributed by atoms with Gasteiger partial charge in [-0.1, -0.05) is 11.8 Å². The summed E-state index contributed by atoms with van der Waals surface area (Å²) in [5.74, 6) is 0.707. The molecule has 0 aromatic carbocycles. The molecule has 5 heteroatoms. The number of hydrogen-bond acceptors (Lipinski definition) is 4. The zero-order chi connectivity index (χ0) is 11.5. The Morgan fingerprint density at radius 1 is 1.73 bits per heavy atom. The van der Waals surface area contributed by atoms with Crippen molar-refractivity contribution in [2.45, 2.75) is 39.3 Å². The van der Waals surface area contributed by atoms with Gasteiger partial charge in [0, 0.05) is 11.3 Å². The number of carbonyl (C=O) groups excluding carboxylic acids is 1. The molecule has 4 nitrogen and oxygen atoms in total. The van der Waals surface area contributed by atoms with E-state index in [4.69, 9.17) is 4.74 Å². The van der Waals surface area contributed by atoms with Crippen LogP contribution in [-0.2, 0) is 9.53 Å². The van der Waals surface area contributed by atoms with Crippen LogP contribution < -0.4 is 5.32 Å². The molecule has 1 atom stereocenters. The fraction of sp³-hybridized carbons (Fsp3) is 0.800. The van der Waals surface area contributed by atoms with Crippen molar-refractivity contribution in [1.29, 1.82) is 0 Å². The average Bonchev–Trinajstić information content (AvgIpc) is 2.46. The van der Waals surface area contributed by atoms with Crippen LogP contribution in [0.2, 0.25) is 0 Å². The number of nitrogens with one attached hydrogen (secondary N) is 1. The molecule has 0 bridgehead atoms. The predicted octanol–water partition coefficient (Wildman–Crippen LogP) is 1.41. The van der Waals surface area contributed by atoms with Crippen molar-refractivity contribution in [1.82, 2.24) is 5.32 Å². The first-order chi connectivity index (χ1) is 6.94. The van der Waals surface area contributed by atoms with Crippen molar-refractivity contribution in [3.05, 3.63) is 0 Å². The van der Waals surface area contributed by atoms with Gasteiger partial charge >= 0.3 is 5.97 Å². The van der Waals surface area contributed by atoms with Crippen LogP contribution >= 0.6 is 11.8 Å². The molecule has 1 saturated heterocycles. The number of amidine groups is 1. The topological polar surface area (TPSA) is 50.7 Å². The number of ether oxygens (including phenoxy) is 1. The highest BCUT2D eigenvalue weighted by Gasteiger charge is 2.28. The van der Waals surface area contributed by atoms with Crippen molar-refractivity contribution in [2.75, 3.05) is 12.4 Å². The van der Waals surface area contributed by atoms with E-state index in [1.54, 1.807) is 25.6 Å². The van der Waals surface area contributed by atoms with Gasteiger partial charge in [-0.2, -0.15) is 0 Å². The standard InChI is InChI=1S/C10H18N2O2S/c1-5-14-8(13)7(2)11-9-12-10(3,4)6-15-9/h7H,5-6H2,1-4H3,(H,11,12). The van der Waals surface area contributed by atoms with Crippen molar-refractivity contribution in [3.63, 3.8) is 0 Å². The minimum absolute atomic E-state index is 0.0673. The number of aliphatic imine (C=N–C) groups is 1. The van der Waals surface area contributed by atoms with E-state index in [0.717, 1.165) is 10.9 Å². The first kappa shape index (κ1) is 12.4. The quantitative estimate of drug-likeness (QED) is 0.745. The summed E-state index contributed by atoms with van der Waals surface area (Å²) in [7, 11) is 0. The molecule has 0 spiro atoms. The zero-order valence-corrected chi connectivity index (χ0v) is 10.5. The molecule has 0 saturated carbocycles. The van der Waals surface area contributed by atoms with Crippen molar-refractivity contribution in [3.8, 4) is 0 Å². The first-order valence-electron chi connectivity index (χ1n) is 5.10. The van der Waals surface area contributed by atoms with Crippen LogP contribution in [0.3, 0.4) is 0 Å². The highest BCUT2D eigenvalue weighted by atomic mass is 32.2. The van der Waals surface area contributed by atoms with Gasteiger partial charge in [-0.15, -0.1) is 0 Å². The Balaban J connectivity index is 2.53. The maximum atomic E-state index is 11.3. The number of carbonyl (C=O) groups is 1. The molecule has 1 fully saturated rings. The van der Waals surface area contributed by atoms with Crippen LogP contribution in [0.5, 0.6) is 0 Å². The molecular formula is C10H18N2O2S. The lowest BCUT2D eigenvalue weighted by Gasteiger charge is -2.16. The highest BCUT2D eigenvalue weighted by molar-refractivity contribution is 8.14. The molecule has 1 rings (SSSR count). The van der Waals surface area contributed by atoms with Crippen LogP contribution in [-0.4, -0.2) is 35.1 Å². The fourth-order valence-electron chi connectivity index (χ4n) is 1.17. The summed E-state index contributed by atoms with van der Waals surface area (Å²) in [6.07, 6.45) is 0. The molecule has 1 aliphatic rings. The first-order valence-corrected chi connectivity index (χ1v) is 6.08. The monoisotopic (exact) mass is 230 g/mol. The molecule has 86 valence electrons. The minimum atomic E-state index is -0.422. The summed E-state index contributed by atoms with van der Waals surface area (Å²) in [6, 6.07) is -0.422. The van der Waals surface area contributed by atoms with Gasteiger partial charge in [0.25, 0.3) is 0 Å². The number of thioether (sulfide) groups is 1. The molecule has 1 N–H and O–H groups in total. The summed E-state index contributed by atoms with van der Waals surface area (Å²) in [6.45, 7) is 8.16. The van der Waals surface area contributed by atoms with Crippen molar-refractivity contribution >= 4 is 22.9 Å². The van der Waals surface area contributed by atoms with E-state index < -0.39 is 6.04 Å². The molecule has 0 radical (unpaired) electrons. The number of rotatable bonds is 3. The third-order valence-corrected chi connectivity index (χ3v) is 3.30. The summed E-state index contributed by atoms with van der Waals surface area (Å²) < 4.78 is 4.88. The Morgan fingerprint density at radius 3 is 2.87 bits per heavy atom. The highest BCUT2D eigenvalue weighted by Crippen LogP contribution is 2.22. The Bertz CT molecular complexity index is 277. The van der Waals surface area contributed by atoms with Crippen LogP contribution in [0, 0.1) is 0 Å². The Kier molecular flexibility index (Phi) is 4.02. The van der Waals surface area contributed by atoms with Crippen LogP contribution in [0.25, 0.3) is 0 Å². The molecule has 1 unspecified atom stereocenters. The fourth-order valence-corrected chi connectivity index (χ4v) is 2.32. The van der Waals surface area contributed by atoms with Crippen LogP contribution in [0.4, 0.5) is 0 Å². The van der Waals surface area contributed by atoms with Gasteiger partial charge in [-0.3, -0.25) is 0 Å². The summed E-state index contributed by atoms with van der Waals surface area (Å²) in [4.78, 5) is 15.6. The summed E-state index contributed by atoms with van der Waals surface area (Å²) in [5.41, 5.74) is 0.0673. The smallest absolute Gasteiger partial charge is 0.330 e. The molecule has 1 heterocycles. The summed E-state index contributed by atoms with van der Waals surface area (Å²) >= 11 is 1.64. The summed E-state index contributed by atoms with van der Waals surface area (Å²) in [5, 5.41) is 4.10. The Morgan fingerprint density at radius 2 is 2.40 bits per heavy atom. The Labute approximate surface area is 94.9 Å². The Hall–Kier alpha value is -0.710. The second-order valence-corrected chi connectivity index (χ2v) is 5.12. The number of nitrogens with zero attached hydrogens (tertiary/aromatic N) is 1. The van der Waals surface area contributed by atoms with Gasteiger partial charge in [0.1, 0.15) is 6.04 Å². The number of hydrogen-bond donors (Lipinski definition) is 1. The second kappa shape index (κ2) is 4.88. The molecule has 0 amide bonds. The van der Waals surface area contributed by atoms with E-state index in [0.29, 0.717) is 6.61 Å². The van der Waals surface area contributed by atoms with Gasteiger partial charge in [0.15, 0.2) is 5.17 Å². The van der Waals surface area contributed by atoms with Gasteiger partial charge in [0.05, 0.1) is 6.61 Å². The lowest BCUT2D eigenvalue weighted by Crippen LogP contribution is -2.37. The third kappa shape index (κ3) is 3.74. The molecule has 0 aromatic heterocycles. The lowest BCUT2D eigenvalue weighted by atomic mass is 10.1. The van der Waals surface area contributed by atoms with E-state index >= 15 is 0 Å². The largest absolute Gasteiger partial charge is 0.464 e. The molecule has 15 heavy (non-hydrogen) atoms. The third-order valence-electron chi connectivity index (χ3n) is 1.95. The molecule has 0 aromatic rings. The van der Waals surface area contributed by atoms with Gasteiger partial charge in [-0.05, 0) is 27.7 Å². The van der Waals surface area contributed by atoms with Gasteiger partial charge < -0.3 is 10.1 Å². The minimum Gasteiger partial charge on any atom is -0.464 e. The van der Waals surface area contributed by atoms with Crippen molar-refractivity contribution < 1.29 is 9.53 Å². The van der Waals surface area contributed by atoms with E-state index in [-0.39, 0.29) is 11.5 Å². The SMILES string of the molecule is CCOC(=O)C(C)N=C1NC(C)(C)CS1. The number of esters is 1. The molecule has 1 aliphatic heterocycles. The van der Waals surface area contributed by atoms with Gasteiger partial charge in [0.2, 0.25) is 0 Å². The maximum absolute atomic E-state index is 11.3. The van der Waals surface area contributed by atoms with E-state index in [1.165, 1.54) is 0 Å².